The van der Waals surface area contributed by atoms with E-state index in [9.17, 15) is 9.90 Å². The van der Waals surface area contributed by atoms with Crippen LogP contribution in [-0.2, 0) is 23.3 Å². The second-order valence-electron chi connectivity index (χ2n) is 6.70. The van der Waals surface area contributed by atoms with Gasteiger partial charge < -0.3 is 9.84 Å². The molecule has 1 aliphatic rings. The van der Waals surface area contributed by atoms with Crippen molar-refractivity contribution < 1.29 is 14.6 Å². The maximum absolute atomic E-state index is 11.9. The average molecular weight is 355 g/mol. The molecule has 1 N–H and O–H groups in total. The van der Waals surface area contributed by atoms with Crippen molar-refractivity contribution in [2.24, 2.45) is 0 Å². The number of carbonyl (C=O) groups is 1. The molecular formula is C20H25N3O3. The molecular weight excluding hydrogens is 330 g/mol. The van der Waals surface area contributed by atoms with E-state index in [0.29, 0.717) is 12.8 Å². The number of allylic oxidation sites excluding steroid dienone is 1. The van der Waals surface area contributed by atoms with Crippen molar-refractivity contribution in [1.29, 1.82) is 0 Å². The number of hydrogen-bond donors (Lipinski definition) is 1. The van der Waals surface area contributed by atoms with Crippen molar-refractivity contribution in [2.75, 3.05) is 20.2 Å². The topological polar surface area (TPSA) is 67.6 Å². The van der Waals surface area contributed by atoms with E-state index >= 15 is 0 Å². The summed E-state index contributed by atoms with van der Waals surface area (Å²) in [5.74, 6) is 0.0643. The first-order valence-electron chi connectivity index (χ1n) is 8.81. The maximum atomic E-state index is 11.9. The van der Waals surface area contributed by atoms with Gasteiger partial charge in [0.1, 0.15) is 5.75 Å². The Hall–Kier alpha value is -2.60. The van der Waals surface area contributed by atoms with E-state index in [1.165, 1.54) is 5.56 Å². The normalized spacial score (nSPS) is 17.0. The highest BCUT2D eigenvalue weighted by Gasteiger charge is 2.43. The Balaban J connectivity index is 1.70. The van der Waals surface area contributed by atoms with E-state index in [1.807, 2.05) is 12.1 Å². The van der Waals surface area contributed by atoms with Crippen LogP contribution in [-0.4, -0.2) is 46.0 Å². The number of carboxylic acids is 1. The molecule has 138 valence electrons. The van der Waals surface area contributed by atoms with Crippen molar-refractivity contribution in [3.8, 4) is 5.75 Å². The van der Waals surface area contributed by atoms with Gasteiger partial charge in [0.2, 0.25) is 0 Å². The largest absolute Gasteiger partial charge is 0.496 e. The molecule has 1 saturated heterocycles. The molecule has 1 aliphatic heterocycles. The van der Waals surface area contributed by atoms with Gasteiger partial charge in [-0.15, -0.1) is 6.58 Å². The molecule has 1 fully saturated rings. The lowest BCUT2D eigenvalue weighted by Crippen LogP contribution is -2.51. The third-order valence-corrected chi connectivity index (χ3v) is 5.14. The molecule has 0 radical (unpaired) electrons. The van der Waals surface area contributed by atoms with Crippen molar-refractivity contribution in [1.82, 2.24) is 14.7 Å². The fourth-order valence-electron chi connectivity index (χ4n) is 3.65. The summed E-state index contributed by atoms with van der Waals surface area (Å²) in [7, 11) is 1.67. The first-order chi connectivity index (χ1) is 12.6. The van der Waals surface area contributed by atoms with E-state index in [0.717, 1.165) is 37.4 Å². The average Bonchev–Trinajstić information content (AvgIpc) is 3.18. The van der Waals surface area contributed by atoms with E-state index in [4.69, 9.17) is 4.74 Å². The Morgan fingerprint density at radius 1 is 1.42 bits per heavy atom. The smallest absolute Gasteiger partial charge is 0.331 e. The highest BCUT2D eigenvalue weighted by Crippen LogP contribution is 2.31. The molecule has 0 aliphatic carbocycles. The number of likely N-dealkylation sites (tertiary alicyclic amines) is 1. The quantitative estimate of drug-likeness (QED) is 0.774. The SMILES string of the molecule is C=CCc1cc(CN2CCC(C(=O)O)(n3cccn3)CC2)ccc1OC. The summed E-state index contributed by atoms with van der Waals surface area (Å²) in [4.78, 5) is 14.2. The summed E-state index contributed by atoms with van der Waals surface area (Å²) in [6.07, 6.45) is 7.09. The Morgan fingerprint density at radius 2 is 2.19 bits per heavy atom. The number of ether oxygens (including phenoxy) is 1. The zero-order chi connectivity index (χ0) is 18.6. The lowest BCUT2D eigenvalue weighted by Gasteiger charge is -2.39. The van der Waals surface area contributed by atoms with Crippen molar-refractivity contribution in [3.63, 3.8) is 0 Å². The minimum absolute atomic E-state index is 0.541. The second kappa shape index (κ2) is 7.74. The number of nitrogens with zero attached hydrogens (tertiary/aromatic N) is 3. The Kier molecular flexibility index (Phi) is 5.42. The molecule has 2 aromatic rings. The summed E-state index contributed by atoms with van der Waals surface area (Å²) in [5.41, 5.74) is 1.38. The van der Waals surface area contributed by atoms with E-state index in [2.05, 4.69) is 28.7 Å². The lowest BCUT2D eigenvalue weighted by molar-refractivity contribution is -0.151. The Labute approximate surface area is 153 Å². The van der Waals surface area contributed by atoms with Gasteiger partial charge in [0, 0.05) is 32.0 Å². The molecule has 0 amide bonds. The predicted octanol–water partition coefficient (Wildman–Crippen LogP) is 2.70. The number of aromatic nitrogens is 2. The van der Waals surface area contributed by atoms with Gasteiger partial charge in [-0.05, 0) is 42.5 Å². The van der Waals surface area contributed by atoms with Gasteiger partial charge >= 0.3 is 5.97 Å². The monoisotopic (exact) mass is 355 g/mol. The molecule has 1 aromatic heterocycles. The molecule has 6 heteroatoms. The molecule has 0 unspecified atom stereocenters. The lowest BCUT2D eigenvalue weighted by atomic mass is 9.87. The Bertz CT molecular complexity index is 763. The van der Waals surface area contributed by atoms with Crippen molar-refractivity contribution in [3.05, 3.63) is 60.4 Å². The van der Waals surface area contributed by atoms with Crippen LogP contribution in [0.3, 0.4) is 0 Å². The Morgan fingerprint density at radius 3 is 2.77 bits per heavy atom. The number of rotatable bonds is 7. The van der Waals surface area contributed by atoms with Gasteiger partial charge in [-0.2, -0.15) is 5.10 Å². The van der Waals surface area contributed by atoms with Crippen LogP contribution in [0.5, 0.6) is 5.75 Å². The molecule has 0 spiro atoms. The number of methoxy groups -OCH3 is 1. The first-order valence-corrected chi connectivity index (χ1v) is 8.81. The van der Waals surface area contributed by atoms with Crippen molar-refractivity contribution >= 4 is 5.97 Å². The second-order valence-corrected chi connectivity index (χ2v) is 6.70. The standard InChI is InChI=1S/C20H25N3O3/c1-3-5-17-14-16(6-7-18(17)26-2)15-22-12-8-20(9-13-22,19(24)25)23-11-4-10-21-23/h3-4,6-7,10-11,14H,1,5,8-9,12-13,15H2,2H3,(H,24,25). The fourth-order valence-corrected chi connectivity index (χ4v) is 3.65. The minimum Gasteiger partial charge on any atom is -0.496 e. The summed E-state index contributed by atoms with van der Waals surface area (Å²) >= 11 is 0. The van der Waals surface area contributed by atoms with E-state index in [1.54, 1.807) is 30.3 Å². The third kappa shape index (κ3) is 3.51. The van der Waals surface area contributed by atoms with Crippen LogP contribution in [0.15, 0.2) is 49.3 Å². The van der Waals surface area contributed by atoms with Crippen LogP contribution in [0.25, 0.3) is 0 Å². The van der Waals surface area contributed by atoms with Crippen LogP contribution in [0, 0.1) is 0 Å². The van der Waals surface area contributed by atoms with Crippen LogP contribution < -0.4 is 4.74 Å². The molecule has 6 nitrogen and oxygen atoms in total. The number of hydrogen-bond acceptors (Lipinski definition) is 4. The summed E-state index contributed by atoms with van der Waals surface area (Å²) < 4.78 is 7.00. The maximum Gasteiger partial charge on any atom is 0.331 e. The zero-order valence-electron chi connectivity index (χ0n) is 15.1. The molecule has 2 heterocycles. The summed E-state index contributed by atoms with van der Waals surface area (Å²) in [6.45, 7) is 6.03. The number of carboxylic acid groups (broad SMARTS) is 1. The minimum atomic E-state index is -0.937. The predicted molar refractivity (Wildman–Crippen MR) is 99.2 cm³/mol. The number of piperidine rings is 1. The molecule has 0 saturated carbocycles. The van der Waals surface area contributed by atoms with Crippen LogP contribution in [0.1, 0.15) is 24.0 Å². The number of aliphatic carboxylic acids is 1. The fraction of sp³-hybridized carbons (Fsp3) is 0.400. The van der Waals surface area contributed by atoms with Gasteiger partial charge in [-0.1, -0.05) is 18.2 Å². The van der Waals surface area contributed by atoms with Gasteiger partial charge in [-0.3, -0.25) is 9.58 Å². The highest BCUT2D eigenvalue weighted by molar-refractivity contribution is 5.76. The first kappa shape index (κ1) is 18.2. The molecule has 1 aromatic carbocycles. The van der Waals surface area contributed by atoms with Crippen molar-refractivity contribution in [2.45, 2.75) is 31.3 Å². The molecule has 0 atom stereocenters. The number of benzene rings is 1. The van der Waals surface area contributed by atoms with Gasteiger partial charge in [0.25, 0.3) is 0 Å². The van der Waals surface area contributed by atoms with E-state index < -0.39 is 11.5 Å². The van der Waals surface area contributed by atoms with Crippen LogP contribution in [0.4, 0.5) is 0 Å². The molecule has 26 heavy (non-hydrogen) atoms. The van der Waals surface area contributed by atoms with Gasteiger partial charge in [0.15, 0.2) is 5.54 Å². The molecule has 3 rings (SSSR count). The van der Waals surface area contributed by atoms with Gasteiger partial charge in [0.05, 0.1) is 7.11 Å². The van der Waals surface area contributed by atoms with Crippen LogP contribution >= 0.6 is 0 Å². The summed E-state index contributed by atoms with van der Waals surface area (Å²) in [6, 6.07) is 7.98. The van der Waals surface area contributed by atoms with Crippen LogP contribution in [0.2, 0.25) is 0 Å². The zero-order valence-corrected chi connectivity index (χ0v) is 15.1. The third-order valence-electron chi connectivity index (χ3n) is 5.14. The summed E-state index contributed by atoms with van der Waals surface area (Å²) in [5, 5.41) is 14.0. The molecule has 0 bridgehead atoms. The highest BCUT2D eigenvalue weighted by atomic mass is 16.5. The van der Waals surface area contributed by atoms with Gasteiger partial charge in [-0.25, -0.2) is 4.79 Å². The van der Waals surface area contributed by atoms with E-state index in [-0.39, 0.29) is 0 Å².